The number of hydrogen-bond acceptors (Lipinski definition) is 6. The van der Waals surface area contributed by atoms with Gasteiger partial charge in [0, 0.05) is 18.1 Å². The fraction of sp³-hybridized carbons (Fsp3) is 0.381. The summed E-state index contributed by atoms with van der Waals surface area (Å²) in [5.41, 5.74) is 8.55. The maximum Gasteiger partial charge on any atom is 0.328 e. The van der Waals surface area contributed by atoms with Gasteiger partial charge < -0.3 is 25.3 Å². The first-order valence-corrected chi connectivity index (χ1v) is 9.40. The third-order valence-corrected chi connectivity index (χ3v) is 4.56. The first-order valence-electron chi connectivity index (χ1n) is 9.40. The molecule has 0 saturated heterocycles. The third-order valence-electron chi connectivity index (χ3n) is 4.56. The molecule has 2 heterocycles. The highest BCUT2D eigenvalue weighted by atomic mass is 16.5. The molecule has 0 amide bonds. The maximum absolute atomic E-state index is 11.0. The van der Waals surface area contributed by atoms with E-state index in [4.69, 9.17) is 15.6 Å². The number of pyridine rings is 1. The number of aliphatic hydroxyl groups is 1. The van der Waals surface area contributed by atoms with Crippen LogP contribution in [-0.4, -0.2) is 42.9 Å². The number of anilines is 1. The molecule has 8 nitrogen and oxygen atoms in total. The normalized spacial score (nSPS) is 12.8. The molecule has 29 heavy (non-hydrogen) atoms. The van der Waals surface area contributed by atoms with Crippen molar-refractivity contribution in [1.29, 1.82) is 0 Å². The lowest BCUT2D eigenvalue weighted by molar-refractivity contribution is -0.131. The van der Waals surface area contributed by atoms with E-state index in [9.17, 15) is 9.90 Å². The van der Waals surface area contributed by atoms with Crippen molar-refractivity contribution in [3.05, 3.63) is 35.7 Å². The van der Waals surface area contributed by atoms with Crippen LogP contribution in [0.25, 0.3) is 27.5 Å². The van der Waals surface area contributed by atoms with Gasteiger partial charge >= 0.3 is 5.97 Å². The number of imidazole rings is 1. The summed E-state index contributed by atoms with van der Waals surface area (Å²) in [5, 5.41) is 20.3. The Kier molecular flexibility index (Phi) is 5.59. The summed E-state index contributed by atoms with van der Waals surface area (Å²) in [5.74, 6) is -0.0675. The highest BCUT2D eigenvalue weighted by Crippen LogP contribution is 2.31. The summed E-state index contributed by atoms with van der Waals surface area (Å²) in [6.07, 6.45) is 1.15. The Morgan fingerprint density at radius 2 is 2.07 bits per heavy atom. The van der Waals surface area contributed by atoms with Gasteiger partial charge in [-0.15, -0.1) is 0 Å². The number of carbonyl (C=O) groups is 1. The van der Waals surface area contributed by atoms with Gasteiger partial charge in [-0.1, -0.05) is 12.1 Å². The molecule has 154 valence electrons. The Balaban J connectivity index is 2.28. The SMILES string of the molecule is CCOCc1nc2c(N)nc3cc(/C(C)=C/C(=O)O)ccc3c2n1CC(C)(C)O. The van der Waals surface area contributed by atoms with Crippen LogP contribution in [0.5, 0.6) is 0 Å². The molecule has 0 spiro atoms. The molecule has 4 N–H and O–H groups in total. The fourth-order valence-corrected chi connectivity index (χ4v) is 3.33. The molecule has 0 unspecified atom stereocenters. The zero-order valence-corrected chi connectivity index (χ0v) is 17.1. The minimum Gasteiger partial charge on any atom is -0.478 e. The second-order valence-corrected chi connectivity index (χ2v) is 7.66. The number of aliphatic carboxylic acids is 1. The molecule has 0 bridgehead atoms. The summed E-state index contributed by atoms with van der Waals surface area (Å²) in [7, 11) is 0. The van der Waals surface area contributed by atoms with Crippen LogP contribution in [0.1, 0.15) is 39.1 Å². The first-order chi connectivity index (χ1) is 13.6. The minimum absolute atomic E-state index is 0.275. The number of carboxylic acids is 1. The van der Waals surface area contributed by atoms with E-state index in [1.54, 1.807) is 20.8 Å². The van der Waals surface area contributed by atoms with Crippen LogP contribution in [-0.2, 0) is 22.7 Å². The number of carboxylic acid groups (broad SMARTS) is 1. The van der Waals surface area contributed by atoms with Crippen molar-refractivity contribution in [3.8, 4) is 0 Å². The van der Waals surface area contributed by atoms with Crippen molar-refractivity contribution < 1.29 is 19.7 Å². The first kappa shape index (κ1) is 20.8. The lowest BCUT2D eigenvalue weighted by atomic mass is 10.0. The van der Waals surface area contributed by atoms with E-state index >= 15 is 0 Å². The fourth-order valence-electron chi connectivity index (χ4n) is 3.33. The topological polar surface area (TPSA) is 123 Å². The molecule has 0 fully saturated rings. The molecule has 0 atom stereocenters. The molecule has 2 aromatic heterocycles. The lowest BCUT2D eigenvalue weighted by Gasteiger charge is -2.20. The van der Waals surface area contributed by atoms with Crippen molar-refractivity contribution in [2.24, 2.45) is 0 Å². The summed E-state index contributed by atoms with van der Waals surface area (Å²) in [6, 6.07) is 5.53. The lowest BCUT2D eigenvalue weighted by Crippen LogP contribution is -2.27. The molecule has 0 aliphatic carbocycles. The molecule has 0 aliphatic rings. The van der Waals surface area contributed by atoms with Crippen LogP contribution in [0.4, 0.5) is 5.82 Å². The smallest absolute Gasteiger partial charge is 0.328 e. The van der Waals surface area contributed by atoms with Crippen LogP contribution in [0, 0.1) is 0 Å². The van der Waals surface area contributed by atoms with Gasteiger partial charge in [-0.2, -0.15) is 0 Å². The van der Waals surface area contributed by atoms with E-state index in [0.29, 0.717) is 42.2 Å². The molecule has 3 rings (SSSR count). The number of allylic oxidation sites excluding steroid dienone is 1. The third kappa shape index (κ3) is 4.38. The number of nitrogens with zero attached hydrogens (tertiary/aromatic N) is 3. The monoisotopic (exact) mass is 398 g/mol. The Hall–Kier alpha value is -2.97. The molecule has 3 aromatic rings. The van der Waals surface area contributed by atoms with Gasteiger partial charge in [0.15, 0.2) is 5.82 Å². The quantitative estimate of drug-likeness (QED) is 0.523. The summed E-state index contributed by atoms with van der Waals surface area (Å²) in [6.45, 7) is 8.24. The Morgan fingerprint density at radius 1 is 1.34 bits per heavy atom. The summed E-state index contributed by atoms with van der Waals surface area (Å²) >= 11 is 0. The van der Waals surface area contributed by atoms with Crippen molar-refractivity contribution in [1.82, 2.24) is 14.5 Å². The molecule has 8 heteroatoms. The van der Waals surface area contributed by atoms with Crippen LogP contribution in [0.3, 0.4) is 0 Å². The van der Waals surface area contributed by atoms with Gasteiger partial charge in [-0.05, 0) is 44.9 Å². The predicted molar refractivity (Wildman–Crippen MR) is 112 cm³/mol. The van der Waals surface area contributed by atoms with Gasteiger partial charge in [-0.25, -0.2) is 14.8 Å². The second kappa shape index (κ2) is 7.81. The molecule has 0 radical (unpaired) electrons. The number of nitrogen functional groups attached to an aromatic ring is 1. The maximum atomic E-state index is 11.0. The molecule has 0 saturated carbocycles. The zero-order valence-electron chi connectivity index (χ0n) is 17.1. The Morgan fingerprint density at radius 3 is 2.69 bits per heavy atom. The van der Waals surface area contributed by atoms with E-state index in [-0.39, 0.29) is 5.82 Å². The minimum atomic E-state index is -1.01. The largest absolute Gasteiger partial charge is 0.478 e. The van der Waals surface area contributed by atoms with Crippen molar-refractivity contribution in [3.63, 3.8) is 0 Å². The number of hydrogen-bond donors (Lipinski definition) is 3. The highest BCUT2D eigenvalue weighted by Gasteiger charge is 2.22. The van der Waals surface area contributed by atoms with Gasteiger partial charge in [0.05, 0.1) is 23.2 Å². The van der Waals surface area contributed by atoms with E-state index in [1.165, 1.54) is 0 Å². The predicted octanol–water partition coefficient (Wildman–Crippen LogP) is 2.96. The summed E-state index contributed by atoms with van der Waals surface area (Å²) < 4.78 is 7.48. The van der Waals surface area contributed by atoms with Crippen molar-refractivity contribution in [2.75, 3.05) is 12.3 Å². The molecular formula is C21H26N4O4. The Bertz CT molecular complexity index is 1110. The van der Waals surface area contributed by atoms with Gasteiger partial charge in [0.1, 0.15) is 17.9 Å². The summed E-state index contributed by atoms with van der Waals surface area (Å²) in [4.78, 5) is 20.1. The number of ether oxygens (including phenoxy) is 1. The van der Waals surface area contributed by atoms with E-state index in [0.717, 1.165) is 22.5 Å². The zero-order chi connectivity index (χ0) is 21.3. The molecular weight excluding hydrogens is 372 g/mol. The number of benzene rings is 1. The van der Waals surface area contributed by atoms with E-state index in [1.807, 2.05) is 29.7 Å². The van der Waals surface area contributed by atoms with E-state index in [2.05, 4.69) is 9.97 Å². The molecule has 1 aromatic carbocycles. The molecule has 0 aliphatic heterocycles. The number of fused-ring (bicyclic) bond motifs is 3. The Labute approximate surface area is 168 Å². The van der Waals surface area contributed by atoms with Crippen LogP contribution in [0.15, 0.2) is 24.3 Å². The van der Waals surface area contributed by atoms with Crippen LogP contribution in [0.2, 0.25) is 0 Å². The standard InChI is InChI=1S/C21H26N4O4/c1-5-29-10-16-24-18-19(25(16)11-21(3,4)28)14-7-6-13(12(2)8-17(26)27)9-15(14)23-20(18)22/h6-9,28H,5,10-11H2,1-4H3,(H2,22,23)(H,26,27)/b12-8+. The van der Waals surface area contributed by atoms with Crippen molar-refractivity contribution >= 4 is 39.3 Å². The average molecular weight is 398 g/mol. The van der Waals surface area contributed by atoms with Crippen LogP contribution >= 0.6 is 0 Å². The highest BCUT2D eigenvalue weighted by molar-refractivity contribution is 6.07. The van der Waals surface area contributed by atoms with Crippen molar-refractivity contribution in [2.45, 2.75) is 46.4 Å². The van der Waals surface area contributed by atoms with Gasteiger partial charge in [0.25, 0.3) is 0 Å². The van der Waals surface area contributed by atoms with Crippen LogP contribution < -0.4 is 5.73 Å². The van der Waals surface area contributed by atoms with Gasteiger partial charge in [0.2, 0.25) is 0 Å². The number of rotatable bonds is 7. The van der Waals surface area contributed by atoms with E-state index < -0.39 is 11.6 Å². The number of aromatic nitrogens is 3. The van der Waals surface area contributed by atoms with Gasteiger partial charge in [-0.3, -0.25) is 0 Å². The second-order valence-electron chi connectivity index (χ2n) is 7.66. The number of nitrogens with two attached hydrogens (primary N) is 1. The average Bonchev–Trinajstić information content (AvgIpc) is 2.96.